The summed E-state index contributed by atoms with van der Waals surface area (Å²) in [6.07, 6.45) is 1.63. The first kappa shape index (κ1) is 11.7. The summed E-state index contributed by atoms with van der Waals surface area (Å²) in [7, 11) is 0. The minimum Gasteiger partial charge on any atom is -0.392 e. The molecule has 0 bridgehead atoms. The number of aliphatic hydroxyl groups is 1. The predicted octanol–water partition coefficient (Wildman–Crippen LogP) is 2.78. The molecule has 3 rings (SSSR count). The van der Waals surface area contributed by atoms with E-state index >= 15 is 0 Å². The van der Waals surface area contributed by atoms with Crippen molar-refractivity contribution in [2.75, 3.05) is 0 Å². The van der Waals surface area contributed by atoms with Gasteiger partial charge in [0.15, 0.2) is 0 Å². The molecule has 0 aliphatic carbocycles. The first-order valence-corrected chi connectivity index (χ1v) is 6.62. The van der Waals surface area contributed by atoms with Crippen LogP contribution in [0.2, 0.25) is 0 Å². The van der Waals surface area contributed by atoms with Gasteiger partial charge in [-0.05, 0) is 68.6 Å². The molecule has 1 aromatic heterocycles. The third-order valence-corrected chi connectivity index (χ3v) is 3.76. The third kappa shape index (κ3) is 1.72. The van der Waals surface area contributed by atoms with Crippen LogP contribution in [0.1, 0.15) is 5.56 Å². The molecule has 0 spiro atoms. The van der Waals surface area contributed by atoms with Crippen LogP contribution in [0.4, 0.5) is 0 Å². The molecule has 1 heterocycles. The van der Waals surface area contributed by atoms with E-state index in [0.717, 1.165) is 25.3 Å². The zero-order valence-electron chi connectivity index (χ0n) is 9.40. The molecular formula is C14H10INO2. The van der Waals surface area contributed by atoms with Crippen LogP contribution in [0.3, 0.4) is 0 Å². The zero-order valence-corrected chi connectivity index (χ0v) is 11.6. The van der Waals surface area contributed by atoms with E-state index < -0.39 is 0 Å². The maximum Gasteiger partial charge on any atom is 0.256 e. The summed E-state index contributed by atoms with van der Waals surface area (Å²) >= 11 is 2.22. The molecule has 0 fully saturated rings. The molecule has 4 heteroatoms. The number of aromatic amines is 1. The van der Waals surface area contributed by atoms with Gasteiger partial charge in [-0.3, -0.25) is 4.79 Å². The first-order valence-electron chi connectivity index (χ1n) is 5.54. The number of rotatable bonds is 1. The molecule has 0 radical (unpaired) electrons. The highest BCUT2D eigenvalue weighted by Crippen LogP contribution is 2.27. The van der Waals surface area contributed by atoms with Crippen LogP contribution in [0, 0.1) is 3.57 Å². The minimum absolute atomic E-state index is 0.0279. The van der Waals surface area contributed by atoms with Gasteiger partial charge in [-0.1, -0.05) is 6.07 Å². The zero-order chi connectivity index (χ0) is 12.7. The Labute approximate surface area is 117 Å². The van der Waals surface area contributed by atoms with Crippen LogP contribution in [0.5, 0.6) is 0 Å². The van der Waals surface area contributed by atoms with Gasteiger partial charge in [0.2, 0.25) is 0 Å². The fraction of sp³-hybridized carbons (Fsp3) is 0.0714. The molecule has 0 saturated carbocycles. The number of aliphatic hydroxyl groups excluding tert-OH is 1. The standard InChI is InChI=1S/C14H10INO2/c15-10-1-2-11-9(7-17)5-8-3-4-16-14(18)13(8)12(11)6-10/h1-6,17H,7H2,(H,16,18). The molecule has 2 N–H and O–H groups in total. The summed E-state index contributed by atoms with van der Waals surface area (Å²) in [4.78, 5) is 14.7. The number of H-pyrrole nitrogens is 1. The van der Waals surface area contributed by atoms with Crippen molar-refractivity contribution in [2.45, 2.75) is 6.61 Å². The summed E-state index contributed by atoms with van der Waals surface area (Å²) in [5, 5.41) is 12.8. The second kappa shape index (κ2) is 4.37. The van der Waals surface area contributed by atoms with Crippen molar-refractivity contribution in [3.63, 3.8) is 0 Å². The average Bonchev–Trinajstić information content (AvgIpc) is 2.37. The highest BCUT2D eigenvalue weighted by molar-refractivity contribution is 14.1. The normalized spacial score (nSPS) is 11.2. The molecule has 0 aliphatic heterocycles. The Morgan fingerprint density at radius 1 is 1.17 bits per heavy atom. The number of hydrogen-bond donors (Lipinski definition) is 2. The van der Waals surface area contributed by atoms with Crippen LogP contribution in [-0.4, -0.2) is 10.1 Å². The summed E-state index contributed by atoms with van der Waals surface area (Å²) in [6.45, 7) is -0.0279. The number of benzene rings is 2. The number of aromatic nitrogens is 1. The van der Waals surface area contributed by atoms with E-state index in [-0.39, 0.29) is 12.2 Å². The van der Waals surface area contributed by atoms with Gasteiger partial charge in [0, 0.05) is 9.77 Å². The number of halogens is 1. The molecule has 0 saturated heterocycles. The number of nitrogens with one attached hydrogen (secondary N) is 1. The molecule has 2 aromatic carbocycles. The summed E-state index contributed by atoms with van der Waals surface area (Å²) in [5.41, 5.74) is 0.753. The van der Waals surface area contributed by atoms with Crippen LogP contribution in [-0.2, 0) is 6.61 Å². The first-order chi connectivity index (χ1) is 8.70. The van der Waals surface area contributed by atoms with Crippen molar-refractivity contribution in [1.29, 1.82) is 0 Å². The molecule has 0 aliphatic rings. The lowest BCUT2D eigenvalue weighted by atomic mass is 9.99. The fourth-order valence-corrected chi connectivity index (χ4v) is 2.78. The minimum atomic E-state index is -0.0935. The summed E-state index contributed by atoms with van der Waals surface area (Å²) in [5.74, 6) is 0. The van der Waals surface area contributed by atoms with Crippen molar-refractivity contribution in [3.8, 4) is 0 Å². The summed E-state index contributed by atoms with van der Waals surface area (Å²) < 4.78 is 1.07. The van der Waals surface area contributed by atoms with E-state index in [1.165, 1.54) is 0 Å². The van der Waals surface area contributed by atoms with E-state index in [1.807, 2.05) is 30.3 Å². The smallest absolute Gasteiger partial charge is 0.256 e. The van der Waals surface area contributed by atoms with Crippen LogP contribution >= 0.6 is 22.6 Å². The largest absolute Gasteiger partial charge is 0.392 e. The van der Waals surface area contributed by atoms with Gasteiger partial charge >= 0.3 is 0 Å². The Balaban J connectivity index is 2.65. The van der Waals surface area contributed by atoms with E-state index in [9.17, 15) is 9.90 Å². The third-order valence-electron chi connectivity index (χ3n) is 3.09. The Hall–Kier alpha value is -1.40. The summed E-state index contributed by atoms with van der Waals surface area (Å²) in [6, 6.07) is 9.64. The monoisotopic (exact) mass is 351 g/mol. The van der Waals surface area contributed by atoms with E-state index in [2.05, 4.69) is 27.6 Å². The van der Waals surface area contributed by atoms with Gasteiger partial charge in [-0.25, -0.2) is 0 Å². The van der Waals surface area contributed by atoms with Crippen LogP contribution in [0.25, 0.3) is 21.5 Å². The lowest BCUT2D eigenvalue weighted by Gasteiger charge is -2.08. The molecule has 0 unspecified atom stereocenters. The predicted molar refractivity (Wildman–Crippen MR) is 80.7 cm³/mol. The second-order valence-electron chi connectivity index (χ2n) is 4.15. The fourth-order valence-electron chi connectivity index (χ4n) is 2.29. The molecule has 90 valence electrons. The van der Waals surface area contributed by atoms with Crippen molar-refractivity contribution in [2.24, 2.45) is 0 Å². The average molecular weight is 351 g/mol. The molecular weight excluding hydrogens is 341 g/mol. The molecule has 0 atom stereocenters. The van der Waals surface area contributed by atoms with E-state index in [0.29, 0.717) is 5.39 Å². The highest BCUT2D eigenvalue weighted by atomic mass is 127. The van der Waals surface area contributed by atoms with Gasteiger partial charge in [0.25, 0.3) is 5.56 Å². The Morgan fingerprint density at radius 3 is 2.78 bits per heavy atom. The lowest BCUT2D eigenvalue weighted by Crippen LogP contribution is -2.05. The molecule has 3 nitrogen and oxygen atoms in total. The van der Waals surface area contributed by atoms with Crippen LogP contribution in [0.15, 0.2) is 41.3 Å². The molecule has 0 amide bonds. The highest BCUT2D eigenvalue weighted by Gasteiger charge is 2.09. The Morgan fingerprint density at radius 2 is 2.00 bits per heavy atom. The van der Waals surface area contributed by atoms with E-state index in [4.69, 9.17) is 0 Å². The lowest BCUT2D eigenvalue weighted by molar-refractivity contribution is 0.283. The van der Waals surface area contributed by atoms with Gasteiger partial charge in [-0.15, -0.1) is 0 Å². The van der Waals surface area contributed by atoms with Gasteiger partial charge in [-0.2, -0.15) is 0 Å². The Bertz CT molecular complexity index is 808. The number of pyridine rings is 1. The molecule has 3 aromatic rings. The second-order valence-corrected chi connectivity index (χ2v) is 5.40. The SMILES string of the molecule is O=c1[nH]ccc2cc(CO)c3ccc(I)cc3c12. The van der Waals surface area contributed by atoms with Crippen molar-refractivity contribution in [1.82, 2.24) is 4.98 Å². The Kier molecular flexibility index (Phi) is 2.83. The van der Waals surface area contributed by atoms with Gasteiger partial charge < -0.3 is 10.1 Å². The number of fused-ring (bicyclic) bond motifs is 3. The maximum atomic E-state index is 12.0. The van der Waals surface area contributed by atoms with E-state index in [1.54, 1.807) is 6.20 Å². The van der Waals surface area contributed by atoms with Gasteiger partial charge in [0.1, 0.15) is 0 Å². The van der Waals surface area contributed by atoms with Crippen molar-refractivity contribution >= 4 is 44.1 Å². The van der Waals surface area contributed by atoms with Crippen LogP contribution < -0.4 is 5.56 Å². The van der Waals surface area contributed by atoms with Crippen molar-refractivity contribution < 1.29 is 5.11 Å². The maximum absolute atomic E-state index is 12.0. The van der Waals surface area contributed by atoms with Crippen molar-refractivity contribution in [3.05, 3.63) is 56.0 Å². The number of hydrogen-bond acceptors (Lipinski definition) is 2. The molecule has 18 heavy (non-hydrogen) atoms. The topological polar surface area (TPSA) is 53.1 Å². The quantitative estimate of drug-likeness (QED) is 0.523. The van der Waals surface area contributed by atoms with Gasteiger partial charge in [0.05, 0.1) is 12.0 Å².